The monoisotopic (exact) mass is 298 g/mol. The second kappa shape index (κ2) is 5.49. The molecule has 104 valence electrons. The molecule has 0 unspecified atom stereocenters. The number of nitrogens with zero attached hydrogens (tertiary/aromatic N) is 3. The van der Waals surface area contributed by atoms with Crippen molar-refractivity contribution >= 4 is 18.4 Å². The van der Waals surface area contributed by atoms with Crippen LogP contribution in [0.1, 0.15) is 0 Å². The Balaban J connectivity index is 2.07. The standard InChI is InChI=1S/C15H11FN4S/c16-11-7-19-15(20-8-11)13-5-10(6-18-14(13)17)9-1-3-12(21)4-2-9/h1-8,21H,(H2,17,18). The topological polar surface area (TPSA) is 64.7 Å². The molecule has 21 heavy (non-hydrogen) atoms. The normalized spacial score (nSPS) is 10.6. The van der Waals surface area contributed by atoms with E-state index in [1.165, 1.54) is 0 Å². The summed E-state index contributed by atoms with van der Waals surface area (Å²) < 4.78 is 12.9. The molecule has 0 spiro atoms. The maximum Gasteiger partial charge on any atom is 0.163 e. The van der Waals surface area contributed by atoms with Gasteiger partial charge in [-0.05, 0) is 23.8 Å². The first-order chi connectivity index (χ1) is 10.1. The van der Waals surface area contributed by atoms with Gasteiger partial charge in [-0.2, -0.15) is 0 Å². The number of benzene rings is 1. The van der Waals surface area contributed by atoms with Crippen LogP contribution < -0.4 is 5.73 Å². The van der Waals surface area contributed by atoms with Crippen molar-refractivity contribution in [2.24, 2.45) is 0 Å². The van der Waals surface area contributed by atoms with Crippen LogP contribution in [0.15, 0.2) is 53.8 Å². The Labute approximate surface area is 126 Å². The molecule has 3 aromatic rings. The Morgan fingerprint density at radius 2 is 1.57 bits per heavy atom. The van der Waals surface area contributed by atoms with Gasteiger partial charge in [0.15, 0.2) is 11.6 Å². The molecule has 6 heteroatoms. The molecule has 0 bridgehead atoms. The first kappa shape index (κ1) is 13.5. The van der Waals surface area contributed by atoms with Crippen molar-refractivity contribution in [3.63, 3.8) is 0 Å². The maximum absolute atomic E-state index is 12.9. The molecule has 0 aliphatic carbocycles. The van der Waals surface area contributed by atoms with Gasteiger partial charge in [-0.25, -0.2) is 19.3 Å². The third-order valence-corrected chi connectivity index (χ3v) is 3.28. The quantitative estimate of drug-likeness (QED) is 0.713. The zero-order valence-corrected chi connectivity index (χ0v) is 11.8. The molecule has 4 nitrogen and oxygen atoms in total. The Morgan fingerprint density at radius 3 is 2.24 bits per heavy atom. The third kappa shape index (κ3) is 2.85. The van der Waals surface area contributed by atoms with E-state index in [4.69, 9.17) is 5.73 Å². The molecule has 2 heterocycles. The molecular formula is C15H11FN4S. The number of pyridine rings is 1. The summed E-state index contributed by atoms with van der Waals surface area (Å²) in [5, 5.41) is 0. The van der Waals surface area contributed by atoms with E-state index in [-0.39, 0.29) is 0 Å². The van der Waals surface area contributed by atoms with Gasteiger partial charge in [-0.15, -0.1) is 12.6 Å². The minimum Gasteiger partial charge on any atom is -0.383 e. The maximum atomic E-state index is 12.9. The molecule has 2 N–H and O–H groups in total. The highest BCUT2D eigenvalue weighted by atomic mass is 32.1. The minimum atomic E-state index is -0.495. The zero-order valence-electron chi connectivity index (χ0n) is 10.9. The Kier molecular flexibility index (Phi) is 3.53. The zero-order chi connectivity index (χ0) is 14.8. The highest BCUT2D eigenvalue weighted by Crippen LogP contribution is 2.27. The van der Waals surface area contributed by atoms with E-state index in [0.717, 1.165) is 28.4 Å². The van der Waals surface area contributed by atoms with E-state index >= 15 is 0 Å². The van der Waals surface area contributed by atoms with Crippen LogP contribution in [0.2, 0.25) is 0 Å². The van der Waals surface area contributed by atoms with Gasteiger partial charge < -0.3 is 5.73 Å². The van der Waals surface area contributed by atoms with E-state index in [9.17, 15) is 4.39 Å². The molecule has 0 aliphatic heterocycles. The summed E-state index contributed by atoms with van der Waals surface area (Å²) in [4.78, 5) is 12.9. The van der Waals surface area contributed by atoms with Crippen molar-refractivity contribution in [1.82, 2.24) is 15.0 Å². The van der Waals surface area contributed by atoms with E-state index in [1.54, 1.807) is 6.20 Å². The minimum absolute atomic E-state index is 0.302. The van der Waals surface area contributed by atoms with Crippen LogP contribution >= 0.6 is 12.6 Å². The summed E-state index contributed by atoms with van der Waals surface area (Å²) in [6, 6.07) is 9.49. The van der Waals surface area contributed by atoms with Gasteiger partial charge >= 0.3 is 0 Å². The molecule has 2 aromatic heterocycles. The van der Waals surface area contributed by atoms with Gasteiger partial charge in [-0.1, -0.05) is 12.1 Å². The van der Waals surface area contributed by atoms with Gasteiger partial charge in [0.25, 0.3) is 0 Å². The van der Waals surface area contributed by atoms with Gasteiger partial charge in [0.05, 0.1) is 18.0 Å². The van der Waals surface area contributed by atoms with Crippen molar-refractivity contribution in [3.05, 3.63) is 54.7 Å². The van der Waals surface area contributed by atoms with Crippen molar-refractivity contribution in [3.8, 4) is 22.5 Å². The first-order valence-corrected chi connectivity index (χ1v) is 6.61. The fourth-order valence-electron chi connectivity index (χ4n) is 1.92. The predicted molar refractivity (Wildman–Crippen MR) is 82.3 cm³/mol. The summed E-state index contributed by atoms with van der Waals surface area (Å²) in [7, 11) is 0. The molecule has 3 rings (SSSR count). The summed E-state index contributed by atoms with van der Waals surface area (Å²) in [6.45, 7) is 0. The number of halogens is 1. The predicted octanol–water partition coefficient (Wildman–Crippen LogP) is 3.22. The van der Waals surface area contributed by atoms with Crippen LogP contribution in [0.25, 0.3) is 22.5 Å². The number of anilines is 1. The van der Waals surface area contributed by atoms with E-state index in [0.29, 0.717) is 17.2 Å². The number of nitrogens with two attached hydrogens (primary N) is 1. The fourth-order valence-corrected chi connectivity index (χ4v) is 2.07. The highest BCUT2D eigenvalue weighted by molar-refractivity contribution is 7.80. The number of nitrogen functional groups attached to an aromatic ring is 1. The Morgan fingerprint density at radius 1 is 0.905 bits per heavy atom. The average molecular weight is 298 g/mol. The molecule has 0 saturated carbocycles. The van der Waals surface area contributed by atoms with E-state index in [2.05, 4.69) is 27.6 Å². The van der Waals surface area contributed by atoms with Crippen molar-refractivity contribution in [2.45, 2.75) is 4.90 Å². The second-order valence-corrected chi connectivity index (χ2v) is 4.94. The van der Waals surface area contributed by atoms with Crippen LogP contribution in [0.5, 0.6) is 0 Å². The smallest absolute Gasteiger partial charge is 0.163 e. The van der Waals surface area contributed by atoms with E-state index in [1.807, 2.05) is 30.3 Å². The van der Waals surface area contributed by atoms with Crippen molar-refractivity contribution in [1.29, 1.82) is 0 Å². The first-order valence-electron chi connectivity index (χ1n) is 6.16. The molecule has 0 atom stereocenters. The van der Waals surface area contributed by atoms with Crippen molar-refractivity contribution in [2.75, 3.05) is 5.73 Å². The van der Waals surface area contributed by atoms with Gasteiger partial charge in [0, 0.05) is 16.7 Å². The van der Waals surface area contributed by atoms with Crippen LogP contribution in [-0.2, 0) is 0 Å². The van der Waals surface area contributed by atoms with Crippen LogP contribution in [0.3, 0.4) is 0 Å². The molecular weight excluding hydrogens is 287 g/mol. The largest absolute Gasteiger partial charge is 0.383 e. The van der Waals surface area contributed by atoms with Crippen LogP contribution in [0.4, 0.5) is 10.2 Å². The van der Waals surface area contributed by atoms with Gasteiger partial charge in [-0.3, -0.25) is 0 Å². The Bertz CT molecular complexity index is 773. The SMILES string of the molecule is Nc1ncc(-c2ccc(S)cc2)cc1-c1ncc(F)cn1. The number of thiol groups is 1. The average Bonchev–Trinajstić information content (AvgIpc) is 2.50. The Hall–Kier alpha value is -2.47. The fraction of sp³-hybridized carbons (Fsp3) is 0. The molecule has 0 aliphatic rings. The molecule has 0 fully saturated rings. The lowest BCUT2D eigenvalue weighted by molar-refractivity contribution is 0.614. The number of hydrogen-bond donors (Lipinski definition) is 2. The van der Waals surface area contributed by atoms with Crippen molar-refractivity contribution < 1.29 is 4.39 Å². The van der Waals surface area contributed by atoms with Crippen LogP contribution in [0, 0.1) is 5.82 Å². The lowest BCUT2D eigenvalue weighted by atomic mass is 10.1. The van der Waals surface area contributed by atoms with Crippen LogP contribution in [-0.4, -0.2) is 15.0 Å². The third-order valence-electron chi connectivity index (χ3n) is 2.98. The molecule has 0 radical (unpaired) electrons. The molecule has 0 amide bonds. The van der Waals surface area contributed by atoms with Gasteiger partial charge in [0.1, 0.15) is 5.82 Å². The lowest BCUT2D eigenvalue weighted by Gasteiger charge is -2.07. The second-order valence-electron chi connectivity index (χ2n) is 4.43. The highest BCUT2D eigenvalue weighted by Gasteiger charge is 2.09. The van der Waals surface area contributed by atoms with Gasteiger partial charge in [0.2, 0.25) is 0 Å². The lowest BCUT2D eigenvalue weighted by Crippen LogP contribution is -1.98. The summed E-state index contributed by atoms with van der Waals surface area (Å²) >= 11 is 4.26. The number of rotatable bonds is 2. The van der Waals surface area contributed by atoms with E-state index < -0.39 is 5.82 Å². The molecule has 1 aromatic carbocycles. The summed E-state index contributed by atoms with van der Waals surface area (Å²) in [6.07, 6.45) is 3.88. The number of aromatic nitrogens is 3. The number of hydrogen-bond acceptors (Lipinski definition) is 5. The molecule has 0 saturated heterocycles. The summed E-state index contributed by atoms with van der Waals surface area (Å²) in [5.74, 6) is 0.149. The summed E-state index contributed by atoms with van der Waals surface area (Å²) in [5.41, 5.74) is 8.29.